The number of aromatic nitrogens is 1. The molecule has 1 rings (SSSR count). The second kappa shape index (κ2) is 8.04. The number of anilines is 1. The van der Waals surface area contributed by atoms with Gasteiger partial charge in [-0.1, -0.05) is 6.92 Å². The topological polar surface area (TPSA) is 97.5 Å². The number of sulfonamides is 1. The molecular formula is C12H21BrN4O3S. The zero-order valence-corrected chi connectivity index (χ0v) is 14.7. The number of nitrogens with one attached hydrogen (secondary N) is 1. The average Bonchev–Trinajstić information content (AvgIpc) is 2.47. The number of rotatable bonds is 8. The molecule has 0 aromatic carbocycles. The quantitative estimate of drug-likeness (QED) is 0.524. The molecule has 0 saturated carbocycles. The summed E-state index contributed by atoms with van der Waals surface area (Å²) in [5.41, 5.74) is 2.33. The molecule has 1 heterocycles. The molecule has 0 saturated heterocycles. The van der Waals surface area contributed by atoms with E-state index in [1.807, 2.05) is 13.8 Å². The molecule has 0 fully saturated rings. The summed E-state index contributed by atoms with van der Waals surface area (Å²) in [6, 6.07) is 1.33. The smallest absolute Gasteiger partial charge is 0.247 e. The molecule has 1 atom stereocenters. The minimum atomic E-state index is -3.73. The number of hydrogen-bond acceptors (Lipinski definition) is 6. The number of nitrogen functional groups attached to an aromatic ring is 1. The highest BCUT2D eigenvalue weighted by atomic mass is 79.9. The van der Waals surface area contributed by atoms with Gasteiger partial charge in [0, 0.05) is 30.4 Å². The van der Waals surface area contributed by atoms with Crippen LogP contribution >= 0.6 is 15.9 Å². The Hall–Kier alpha value is -0.740. The number of halogens is 1. The number of ether oxygens (including phenoxy) is 1. The van der Waals surface area contributed by atoms with Crippen molar-refractivity contribution in [2.45, 2.75) is 31.2 Å². The summed E-state index contributed by atoms with van der Waals surface area (Å²) in [6.45, 7) is 4.37. The maximum atomic E-state index is 12.9. The molecule has 1 aromatic rings. The number of nitrogens with zero attached hydrogens (tertiary/aromatic N) is 2. The van der Waals surface area contributed by atoms with E-state index in [4.69, 9.17) is 10.6 Å². The van der Waals surface area contributed by atoms with Crippen LogP contribution in [0.4, 0.5) is 5.82 Å². The molecule has 0 radical (unpaired) electrons. The normalized spacial score (nSPS) is 13.4. The summed E-state index contributed by atoms with van der Waals surface area (Å²) in [6.07, 6.45) is 2.17. The van der Waals surface area contributed by atoms with Gasteiger partial charge >= 0.3 is 0 Å². The fourth-order valence-electron chi connectivity index (χ4n) is 1.81. The molecule has 0 aliphatic heterocycles. The Morgan fingerprint density at radius 2 is 2.24 bits per heavy atom. The van der Waals surface area contributed by atoms with Gasteiger partial charge in [-0.2, -0.15) is 4.31 Å². The first-order chi connectivity index (χ1) is 9.88. The van der Waals surface area contributed by atoms with Gasteiger partial charge in [-0.25, -0.2) is 19.2 Å². The van der Waals surface area contributed by atoms with Crippen molar-refractivity contribution >= 4 is 31.8 Å². The number of hydrogen-bond donors (Lipinski definition) is 2. The summed E-state index contributed by atoms with van der Waals surface area (Å²) in [5, 5.41) is 0. The van der Waals surface area contributed by atoms with Crippen molar-refractivity contribution < 1.29 is 13.2 Å². The Morgan fingerprint density at radius 1 is 1.57 bits per heavy atom. The molecule has 9 heteroatoms. The van der Waals surface area contributed by atoms with Crippen molar-refractivity contribution in [3.05, 3.63) is 16.7 Å². The van der Waals surface area contributed by atoms with Crippen molar-refractivity contribution in [2.75, 3.05) is 25.7 Å². The van der Waals surface area contributed by atoms with Crippen LogP contribution in [0, 0.1) is 0 Å². The highest BCUT2D eigenvalue weighted by molar-refractivity contribution is 9.10. The second-order valence-corrected chi connectivity index (χ2v) is 7.29. The van der Waals surface area contributed by atoms with Gasteiger partial charge in [0.25, 0.3) is 0 Å². The molecule has 0 spiro atoms. The summed E-state index contributed by atoms with van der Waals surface area (Å²) >= 11 is 3.24. The largest absolute Gasteiger partial charge is 0.383 e. The Labute approximate surface area is 134 Å². The van der Waals surface area contributed by atoms with Crippen LogP contribution in [0.25, 0.3) is 0 Å². The molecule has 21 heavy (non-hydrogen) atoms. The van der Waals surface area contributed by atoms with Crippen LogP contribution in [0.2, 0.25) is 0 Å². The van der Waals surface area contributed by atoms with Crippen molar-refractivity contribution in [1.29, 1.82) is 0 Å². The second-order valence-electron chi connectivity index (χ2n) is 4.51. The first-order valence-electron chi connectivity index (χ1n) is 6.51. The standard InChI is InChI=1S/C12H21BrN4O3S/c1-4-9(2)17(5-6-20-3)21(18,19)11-7-10(13)8-15-12(11)16-14/h7-9H,4-6,14H2,1-3H3,(H,15,16). The monoisotopic (exact) mass is 380 g/mol. The fraction of sp³-hybridized carbons (Fsp3) is 0.583. The Morgan fingerprint density at radius 3 is 2.76 bits per heavy atom. The number of pyridine rings is 1. The minimum Gasteiger partial charge on any atom is -0.383 e. The molecule has 7 nitrogen and oxygen atoms in total. The molecule has 0 bridgehead atoms. The number of nitrogens with two attached hydrogens (primary N) is 1. The first-order valence-corrected chi connectivity index (χ1v) is 8.74. The maximum absolute atomic E-state index is 12.9. The molecule has 0 aliphatic rings. The molecule has 1 unspecified atom stereocenters. The van der Waals surface area contributed by atoms with Crippen LogP contribution in [0.3, 0.4) is 0 Å². The third-order valence-electron chi connectivity index (χ3n) is 3.14. The molecular weight excluding hydrogens is 360 g/mol. The lowest BCUT2D eigenvalue weighted by Gasteiger charge is -2.28. The van der Waals surface area contributed by atoms with E-state index in [0.717, 1.165) is 0 Å². The average molecular weight is 381 g/mol. The van der Waals surface area contributed by atoms with E-state index in [1.165, 1.54) is 23.7 Å². The first kappa shape index (κ1) is 18.3. The zero-order chi connectivity index (χ0) is 16.0. The predicted octanol–water partition coefficient (Wildman–Crippen LogP) is 1.57. The Bertz CT molecular complexity index is 568. The van der Waals surface area contributed by atoms with E-state index in [-0.39, 0.29) is 23.3 Å². The molecule has 0 amide bonds. The van der Waals surface area contributed by atoms with Crippen LogP contribution < -0.4 is 11.3 Å². The third kappa shape index (κ3) is 4.36. The van der Waals surface area contributed by atoms with E-state index >= 15 is 0 Å². The van der Waals surface area contributed by atoms with Gasteiger partial charge in [-0.15, -0.1) is 0 Å². The summed E-state index contributed by atoms with van der Waals surface area (Å²) < 4.78 is 32.7. The highest BCUT2D eigenvalue weighted by Crippen LogP contribution is 2.27. The minimum absolute atomic E-state index is 0.0378. The number of methoxy groups -OCH3 is 1. The lowest BCUT2D eigenvalue weighted by Crippen LogP contribution is -2.40. The molecule has 1 aromatic heterocycles. The number of hydrazine groups is 1. The third-order valence-corrected chi connectivity index (χ3v) is 5.60. The fourth-order valence-corrected chi connectivity index (χ4v) is 4.12. The SMILES string of the molecule is CCC(C)N(CCOC)S(=O)(=O)c1cc(Br)cnc1NN. The predicted molar refractivity (Wildman–Crippen MR) is 85.3 cm³/mol. The van der Waals surface area contributed by atoms with E-state index in [0.29, 0.717) is 17.5 Å². The van der Waals surface area contributed by atoms with E-state index < -0.39 is 10.0 Å². The van der Waals surface area contributed by atoms with Crippen molar-refractivity contribution in [2.24, 2.45) is 5.84 Å². The van der Waals surface area contributed by atoms with Gasteiger partial charge in [0.15, 0.2) is 5.82 Å². The zero-order valence-electron chi connectivity index (χ0n) is 12.3. The van der Waals surface area contributed by atoms with Gasteiger partial charge in [0.05, 0.1) is 6.61 Å². The van der Waals surface area contributed by atoms with Gasteiger partial charge in [-0.05, 0) is 35.3 Å². The van der Waals surface area contributed by atoms with Crippen LogP contribution in [-0.2, 0) is 14.8 Å². The van der Waals surface area contributed by atoms with Crippen LogP contribution in [0.5, 0.6) is 0 Å². The molecule has 0 aliphatic carbocycles. The van der Waals surface area contributed by atoms with Gasteiger partial charge in [0.2, 0.25) is 10.0 Å². The van der Waals surface area contributed by atoms with Crippen LogP contribution in [-0.4, -0.2) is 44.0 Å². The van der Waals surface area contributed by atoms with Crippen LogP contribution in [0.1, 0.15) is 20.3 Å². The summed E-state index contributed by atoms with van der Waals surface area (Å²) in [4.78, 5) is 4.03. The van der Waals surface area contributed by atoms with Crippen LogP contribution in [0.15, 0.2) is 21.6 Å². The summed E-state index contributed by atoms with van der Waals surface area (Å²) in [7, 11) is -2.19. The molecule has 3 N–H and O–H groups in total. The molecule has 120 valence electrons. The lowest BCUT2D eigenvalue weighted by molar-refractivity contribution is 0.167. The van der Waals surface area contributed by atoms with Crippen molar-refractivity contribution in [1.82, 2.24) is 9.29 Å². The lowest BCUT2D eigenvalue weighted by atomic mass is 10.3. The van der Waals surface area contributed by atoms with Gasteiger partial charge in [-0.3, -0.25) is 0 Å². The van der Waals surface area contributed by atoms with Gasteiger partial charge in [0.1, 0.15) is 4.90 Å². The Kier molecular flexibility index (Phi) is 7.01. The van der Waals surface area contributed by atoms with E-state index in [1.54, 1.807) is 0 Å². The summed E-state index contributed by atoms with van der Waals surface area (Å²) in [5.74, 6) is 5.49. The van der Waals surface area contributed by atoms with Crippen molar-refractivity contribution in [3.8, 4) is 0 Å². The highest BCUT2D eigenvalue weighted by Gasteiger charge is 2.30. The van der Waals surface area contributed by atoms with E-state index in [2.05, 4.69) is 26.3 Å². The van der Waals surface area contributed by atoms with Gasteiger partial charge < -0.3 is 10.2 Å². The van der Waals surface area contributed by atoms with Crippen molar-refractivity contribution in [3.63, 3.8) is 0 Å². The Balaban J connectivity index is 3.31. The maximum Gasteiger partial charge on any atom is 0.247 e. The van der Waals surface area contributed by atoms with E-state index in [9.17, 15) is 8.42 Å².